The van der Waals surface area contributed by atoms with Crippen LogP contribution in [0.15, 0.2) is 0 Å². The zero-order valence-electron chi connectivity index (χ0n) is 1.20. The third-order valence-corrected chi connectivity index (χ3v) is 0. The summed E-state index contributed by atoms with van der Waals surface area (Å²) in [6, 6.07) is 0. The molecule has 0 spiro atoms. The van der Waals surface area contributed by atoms with Gasteiger partial charge in [0.1, 0.15) is 0 Å². The molecule has 0 aromatic rings. The SMILES string of the molecule is C.OO.[Ag]. The van der Waals surface area contributed by atoms with Gasteiger partial charge < -0.3 is 0 Å². The van der Waals surface area contributed by atoms with Crippen molar-refractivity contribution in [3.05, 3.63) is 0 Å². The molecule has 0 fully saturated rings. The van der Waals surface area contributed by atoms with Crippen LogP contribution in [0.5, 0.6) is 0 Å². The molecule has 0 saturated carbocycles. The molecule has 0 heterocycles. The van der Waals surface area contributed by atoms with Crippen LogP contribution in [0.3, 0.4) is 0 Å². The molecule has 0 unspecified atom stereocenters. The van der Waals surface area contributed by atoms with E-state index in [1.807, 2.05) is 0 Å². The Morgan fingerprint density at radius 3 is 1.00 bits per heavy atom. The van der Waals surface area contributed by atoms with E-state index in [1.54, 1.807) is 0 Å². The molecule has 0 aliphatic heterocycles. The Hall–Kier alpha value is 0.660. The topological polar surface area (TPSA) is 40.5 Å². The van der Waals surface area contributed by atoms with Gasteiger partial charge in [-0.2, -0.15) is 0 Å². The zero-order chi connectivity index (χ0) is 2.00. The van der Waals surface area contributed by atoms with Crippen molar-refractivity contribution >= 4 is 0 Å². The fraction of sp³-hybridized carbons (Fsp3) is 1.00. The molecule has 0 bridgehead atoms. The molecule has 0 aliphatic carbocycles. The molecule has 0 amide bonds. The summed E-state index contributed by atoms with van der Waals surface area (Å²) >= 11 is 0. The fourth-order valence-corrected chi connectivity index (χ4v) is 0. The van der Waals surface area contributed by atoms with Crippen LogP contribution in [-0.2, 0) is 22.4 Å². The van der Waals surface area contributed by atoms with Gasteiger partial charge in [0, 0.05) is 22.4 Å². The van der Waals surface area contributed by atoms with Crippen molar-refractivity contribution in [2.24, 2.45) is 0 Å². The van der Waals surface area contributed by atoms with Crippen LogP contribution in [0, 0.1) is 0 Å². The van der Waals surface area contributed by atoms with E-state index in [0.717, 1.165) is 0 Å². The molecule has 0 aliphatic rings. The second-order valence-corrected chi connectivity index (χ2v) is 0. The van der Waals surface area contributed by atoms with E-state index >= 15 is 0 Å². The molecule has 1 radical (unpaired) electrons. The second-order valence-electron chi connectivity index (χ2n) is 0. The van der Waals surface area contributed by atoms with Crippen LogP contribution < -0.4 is 0 Å². The van der Waals surface area contributed by atoms with E-state index in [0.29, 0.717) is 0 Å². The van der Waals surface area contributed by atoms with Gasteiger partial charge in [-0.1, -0.05) is 7.43 Å². The summed E-state index contributed by atoms with van der Waals surface area (Å²) in [6.45, 7) is 0. The quantitative estimate of drug-likeness (QED) is 0.308. The van der Waals surface area contributed by atoms with Gasteiger partial charge in [-0.3, -0.25) is 10.5 Å². The summed E-state index contributed by atoms with van der Waals surface area (Å²) in [5.41, 5.74) is 0. The van der Waals surface area contributed by atoms with E-state index in [9.17, 15) is 0 Å². The molecule has 2 N–H and O–H groups in total. The van der Waals surface area contributed by atoms with Crippen molar-refractivity contribution < 1.29 is 32.9 Å². The predicted octanol–water partition coefficient (Wildman–Crippen LogP) is 0.651. The van der Waals surface area contributed by atoms with E-state index in [2.05, 4.69) is 0 Å². The average Bonchev–Trinajstić information content (AvgIpc) is 1.00. The maximum atomic E-state index is 6.00. The molecule has 4 heavy (non-hydrogen) atoms. The number of rotatable bonds is 0. The standard InChI is InChI=1S/CH4.Ag.H2O2/c;;1-2/h1H4;;1-2H. The van der Waals surface area contributed by atoms with Crippen LogP contribution in [0.4, 0.5) is 0 Å². The minimum Gasteiger partial charge on any atom is -0.255 e. The van der Waals surface area contributed by atoms with Crippen molar-refractivity contribution in [2.75, 3.05) is 0 Å². The van der Waals surface area contributed by atoms with Gasteiger partial charge in [-0.25, -0.2) is 0 Å². The molecule has 2 nitrogen and oxygen atoms in total. The van der Waals surface area contributed by atoms with Gasteiger partial charge in [-0.15, -0.1) is 0 Å². The predicted molar refractivity (Wildman–Crippen MR) is 12.0 cm³/mol. The molecule has 3 heteroatoms. The van der Waals surface area contributed by atoms with Gasteiger partial charge in [-0.05, 0) is 0 Å². The molecule has 33 valence electrons. The van der Waals surface area contributed by atoms with E-state index in [1.165, 1.54) is 0 Å². The van der Waals surface area contributed by atoms with Crippen molar-refractivity contribution in [3.63, 3.8) is 0 Å². The van der Waals surface area contributed by atoms with Gasteiger partial charge in [0.05, 0.1) is 0 Å². The van der Waals surface area contributed by atoms with Gasteiger partial charge in [0.15, 0.2) is 0 Å². The summed E-state index contributed by atoms with van der Waals surface area (Å²) in [4.78, 5) is 0. The molecule has 0 saturated heterocycles. The molecular weight excluding hydrogens is 152 g/mol. The number of hydrogen-bond acceptors (Lipinski definition) is 2. The Balaban J connectivity index is -0.00000000500. The maximum Gasteiger partial charge on any atom is 0 e. The molecule has 0 aromatic carbocycles. The third kappa shape index (κ3) is 16.8. The fourth-order valence-electron chi connectivity index (χ4n) is 0. The first-order chi connectivity index (χ1) is 1.00. The Morgan fingerprint density at radius 1 is 1.00 bits per heavy atom. The van der Waals surface area contributed by atoms with Crippen molar-refractivity contribution in [3.8, 4) is 0 Å². The zero-order valence-corrected chi connectivity index (χ0v) is 2.68. The van der Waals surface area contributed by atoms with Gasteiger partial charge in [0.25, 0.3) is 0 Å². The Morgan fingerprint density at radius 2 is 1.00 bits per heavy atom. The normalized spacial score (nSPS) is 1.50. The summed E-state index contributed by atoms with van der Waals surface area (Å²) in [6.07, 6.45) is 0. The van der Waals surface area contributed by atoms with Crippen LogP contribution in [0.1, 0.15) is 7.43 Å². The summed E-state index contributed by atoms with van der Waals surface area (Å²) in [5.74, 6) is 0. The van der Waals surface area contributed by atoms with E-state index < -0.39 is 0 Å². The maximum absolute atomic E-state index is 6.00. The smallest absolute Gasteiger partial charge is 0 e. The van der Waals surface area contributed by atoms with Crippen LogP contribution in [-0.4, -0.2) is 10.5 Å². The van der Waals surface area contributed by atoms with Crippen molar-refractivity contribution in [1.29, 1.82) is 0 Å². The first-order valence-electron chi connectivity index (χ1n) is 0.200. The first kappa shape index (κ1) is 22.7. The molecule has 0 rings (SSSR count). The summed E-state index contributed by atoms with van der Waals surface area (Å²) in [5, 5.41) is 12.0. The van der Waals surface area contributed by atoms with Crippen LogP contribution in [0.25, 0.3) is 0 Å². The Kier molecular flexibility index (Phi) is 336. The largest absolute Gasteiger partial charge is 0.255 e. The minimum absolute atomic E-state index is 0. The molecule has 0 atom stereocenters. The van der Waals surface area contributed by atoms with Gasteiger partial charge >= 0.3 is 0 Å². The Bertz CT molecular complexity index is 6.00. The molecular formula is CH6AgO2. The molecule has 0 aromatic heterocycles. The Labute approximate surface area is 40.9 Å². The van der Waals surface area contributed by atoms with Crippen molar-refractivity contribution in [2.45, 2.75) is 7.43 Å². The number of hydrogen-bond donors (Lipinski definition) is 2. The monoisotopic (exact) mass is 157 g/mol. The summed E-state index contributed by atoms with van der Waals surface area (Å²) in [7, 11) is 0. The third-order valence-electron chi connectivity index (χ3n) is 0. The van der Waals surface area contributed by atoms with E-state index in [4.69, 9.17) is 10.5 Å². The van der Waals surface area contributed by atoms with E-state index in [-0.39, 0.29) is 29.8 Å². The van der Waals surface area contributed by atoms with Gasteiger partial charge in [0.2, 0.25) is 0 Å². The first-order valence-corrected chi connectivity index (χ1v) is 0.200. The summed E-state index contributed by atoms with van der Waals surface area (Å²) < 4.78 is 0. The second kappa shape index (κ2) is 59.4. The van der Waals surface area contributed by atoms with Crippen LogP contribution >= 0.6 is 0 Å². The minimum atomic E-state index is 0. The van der Waals surface area contributed by atoms with Crippen LogP contribution in [0.2, 0.25) is 0 Å². The van der Waals surface area contributed by atoms with Crippen molar-refractivity contribution in [1.82, 2.24) is 0 Å². The average molecular weight is 158 g/mol.